The van der Waals surface area contributed by atoms with Crippen LogP contribution in [0.5, 0.6) is 17.2 Å². The number of hydrazone groups is 1. The summed E-state index contributed by atoms with van der Waals surface area (Å²) >= 11 is 0. The summed E-state index contributed by atoms with van der Waals surface area (Å²) in [6.07, 6.45) is 1.97. The van der Waals surface area contributed by atoms with E-state index in [1.807, 2.05) is 38.1 Å². The molecule has 1 heterocycles. The Balaban J connectivity index is 1.54. The lowest BCUT2D eigenvalue weighted by molar-refractivity contribution is -0.122. The van der Waals surface area contributed by atoms with Crippen LogP contribution in [0, 0.1) is 0 Å². The Bertz CT molecular complexity index is 854. The van der Waals surface area contributed by atoms with Crippen molar-refractivity contribution in [3.05, 3.63) is 53.6 Å². The first-order valence-electron chi connectivity index (χ1n) is 9.63. The van der Waals surface area contributed by atoms with Crippen molar-refractivity contribution in [1.29, 1.82) is 0 Å². The number of para-hydroxylation sites is 1. The van der Waals surface area contributed by atoms with E-state index in [1.165, 1.54) is 6.21 Å². The number of aromatic hydroxyl groups is 1. The molecule has 3 rings (SSSR count). The van der Waals surface area contributed by atoms with E-state index in [1.54, 1.807) is 18.2 Å². The number of phenolic OH excluding ortho intramolecular Hbond substituents is 1. The Morgan fingerprint density at radius 3 is 2.66 bits per heavy atom. The van der Waals surface area contributed by atoms with Crippen molar-refractivity contribution < 1.29 is 19.4 Å². The average Bonchev–Trinajstić information content (AvgIpc) is 3.22. The largest absolute Gasteiger partial charge is 0.504 e. The van der Waals surface area contributed by atoms with E-state index >= 15 is 0 Å². The molecule has 0 aromatic heterocycles. The Morgan fingerprint density at radius 2 is 1.93 bits per heavy atom. The molecule has 4 N–H and O–H groups in total. The maximum absolute atomic E-state index is 12.4. The Hall–Kier alpha value is -3.10. The first-order chi connectivity index (χ1) is 14.1. The number of benzene rings is 2. The van der Waals surface area contributed by atoms with Gasteiger partial charge in [-0.1, -0.05) is 18.2 Å². The molecule has 8 heteroatoms. The lowest BCUT2D eigenvalue weighted by Crippen LogP contribution is -2.41. The van der Waals surface area contributed by atoms with Gasteiger partial charge in [0.1, 0.15) is 11.8 Å². The number of hydrogen-bond acceptors (Lipinski definition) is 7. The minimum atomic E-state index is -0.424. The van der Waals surface area contributed by atoms with Crippen LogP contribution in [0.25, 0.3) is 0 Å². The number of ether oxygens (including phenoxy) is 2. The SMILES string of the molecule is CCOc1ccc(C2CC(C(=O)N/N=C/c3cccc(OCC)c3O)NN2)cc1. The fourth-order valence-corrected chi connectivity index (χ4v) is 3.07. The molecule has 2 unspecified atom stereocenters. The van der Waals surface area contributed by atoms with Gasteiger partial charge in [-0.3, -0.25) is 4.79 Å². The zero-order valence-electron chi connectivity index (χ0n) is 16.5. The molecule has 2 atom stereocenters. The molecule has 1 fully saturated rings. The van der Waals surface area contributed by atoms with Gasteiger partial charge in [-0.25, -0.2) is 16.3 Å². The molecule has 8 nitrogen and oxygen atoms in total. The van der Waals surface area contributed by atoms with Gasteiger partial charge < -0.3 is 14.6 Å². The Morgan fingerprint density at radius 1 is 1.17 bits per heavy atom. The molecule has 0 radical (unpaired) electrons. The topological polar surface area (TPSA) is 104 Å². The lowest BCUT2D eigenvalue weighted by atomic mass is 10.0. The molecular weight excluding hydrogens is 372 g/mol. The summed E-state index contributed by atoms with van der Waals surface area (Å²) in [7, 11) is 0. The number of carbonyl (C=O) groups excluding carboxylic acids is 1. The van der Waals surface area contributed by atoms with Crippen LogP contribution >= 0.6 is 0 Å². The molecule has 0 aliphatic carbocycles. The van der Waals surface area contributed by atoms with Crippen LogP contribution in [0.2, 0.25) is 0 Å². The second kappa shape index (κ2) is 9.90. The molecule has 1 aliphatic rings. The second-order valence-electron chi connectivity index (χ2n) is 6.49. The quantitative estimate of drug-likeness (QED) is 0.402. The van der Waals surface area contributed by atoms with Crippen molar-refractivity contribution in [1.82, 2.24) is 16.3 Å². The number of nitrogens with zero attached hydrogens (tertiary/aromatic N) is 1. The van der Waals surface area contributed by atoms with Crippen LogP contribution in [-0.2, 0) is 4.79 Å². The summed E-state index contributed by atoms with van der Waals surface area (Å²) in [5.41, 5.74) is 10.2. The maximum Gasteiger partial charge on any atom is 0.258 e. The van der Waals surface area contributed by atoms with Crippen molar-refractivity contribution >= 4 is 12.1 Å². The predicted octanol–water partition coefficient (Wildman–Crippen LogP) is 2.25. The van der Waals surface area contributed by atoms with Crippen molar-refractivity contribution in [2.24, 2.45) is 5.10 Å². The lowest BCUT2D eigenvalue weighted by Gasteiger charge is -2.10. The number of nitrogens with one attached hydrogen (secondary N) is 3. The van der Waals surface area contributed by atoms with Crippen molar-refractivity contribution in [3.8, 4) is 17.2 Å². The monoisotopic (exact) mass is 398 g/mol. The normalized spacial score (nSPS) is 18.7. The Labute approximate surface area is 169 Å². The minimum absolute atomic E-state index is 0.0106. The number of hydrazine groups is 1. The highest BCUT2D eigenvalue weighted by molar-refractivity contribution is 5.87. The van der Waals surface area contributed by atoms with Gasteiger partial charge >= 0.3 is 0 Å². The zero-order valence-corrected chi connectivity index (χ0v) is 16.5. The number of hydrogen-bond donors (Lipinski definition) is 4. The summed E-state index contributed by atoms with van der Waals surface area (Å²) in [5, 5.41) is 14.1. The van der Waals surface area contributed by atoms with E-state index < -0.39 is 6.04 Å². The summed E-state index contributed by atoms with van der Waals surface area (Å²) in [6.45, 7) is 4.85. The van der Waals surface area contributed by atoms with Crippen LogP contribution in [0.4, 0.5) is 0 Å². The molecule has 1 saturated heterocycles. The van der Waals surface area contributed by atoms with Crippen LogP contribution in [0.3, 0.4) is 0 Å². The van der Waals surface area contributed by atoms with Gasteiger partial charge in [0.25, 0.3) is 5.91 Å². The number of amides is 1. The molecule has 154 valence electrons. The smallest absolute Gasteiger partial charge is 0.258 e. The van der Waals surface area contributed by atoms with Gasteiger partial charge in [-0.05, 0) is 50.1 Å². The number of phenols is 1. The van der Waals surface area contributed by atoms with Gasteiger partial charge in [0.2, 0.25) is 0 Å². The maximum atomic E-state index is 12.4. The molecular formula is C21H26N4O4. The van der Waals surface area contributed by atoms with Crippen LogP contribution in [0.1, 0.15) is 37.4 Å². The zero-order chi connectivity index (χ0) is 20.6. The van der Waals surface area contributed by atoms with Crippen molar-refractivity contribution in [2.45, 2.75) is 32.4 Å². The van der Waals surface area contributed by atoms with Gasteiger partial charge in [0.05, 0.1) is 19.4 Å². The van der Waals surface area contributed by atoms with Gasteiger partial charge in [0, 0.05) is 11.6 Å². The molecule has 0 saturated carbocycles. The second-order valence-corrected chi connectivity index (χ2v) is 6.49. The third-order valence-electron chi connectivity index (χ3n) is 4.52. The van der Waals surface area contributed by atoms with E-state index in [-0.39, 0.29) is 17.7 Å². The van der Waals surface area contributed by atoms with Gasteiger partial charge in [0.15, 0.2) is 11.5 Å². The molecule has 1 amide bonds. The molecule has 1 aliphatic heterocycles. The van der Waals surface area contributed by atoms with E-state index in [2.05, 4.69) is 21.4 Å². The summed E-state index contributed by atoms with van der Waals surface area (Å²) in [5.74, 6) is 0.927. The van der Waals surface area contributed by atoms with Gasteiger partial charge in [-0.2, -0.15) is 5.10 Å². The predicted molar refractivity (Wildman–Crippen MR) is 110 cm³/mol. The van der Waals surface area contributed by atoms with E-state index in [4.69, 9.17) is 9.47 Å². The molecule has 29 heavy (non-hydrogen) atoms. The highest BCUT2D eigenvalue weighted by atomic mass is 16.5. The average molecular weight is 398 g/mol. The summed E-state index contributed by atoms with van der Waals surface area (Å²) in [4.78, 5) is 12.4. The van der Waals surface area contributed by atoms with Crippen LogP contribution in [-0.4, -0.2) is 36.5 Å². The summed E-state index contributed by atoms with van der Waals surface area (Å²) in [6, 6.07) is 12.5. The fraction of sp³-hybridized carbons (Fsp3) is 0.333. The van der Waals surface area contributed by atoms with Crippen molar-refractivity contribution in [2.75, 3.05) is 13.2 Å². The molecule has 0 spiro atoms. The first-order valence-corrected chi connectivity index (χ1v) is 9.63. The number of carbonyl (C=O) groups is 1. The highest BCUT2D eigenvalue weighted by Gasteiger charge is 2.30. The standard InChI is InChI=1S/C21H26N4O4/c1-3-28-16-10-8-14(9-11-16)17-12-18(24-23-17)21(27)25-22-13-15-6-5-7-19(20(15)26)29-4-2/h5-11,13,17-18,23-24,26H,3-4,12H2,1-2H3,(H,25,27)/b22-13+. The molecule has 2 aromatic carbocycles. The van der Waals surface area contributed by atoms with E-state index in [9.17, 15) is 9.90 Å². The van der Waals surface area contributed by atoms with Crippen molar-refractivity contribution in [3.63, 3.8) is 0 Å². The van der Waals surface area contributed by atoms with Crippen LogP contribution < -0.4 is 25.8 Å². The van der Waals surface area contributed by atoms with E-state index in [0.717, 1.165) is 11.3 Å². The van der Waals surface area contributed by atoms with E-state index in [0.29, 0.717) is 30.9 Å². The third-order valence-corrected chi connectivity index (χ3v) is 4.52. The summed E-state index contributed by atoms with van der Waals surface area (Å²) < 4.78 is 10.8. The third kappa shape index (κ3) is 5.24. The molecule has 0 bridgehead atoms. The number of rotatable bonds is 8. The van der Waals surface area contributed by atoms with Crippen LogP contribution in [0.15, 0.2) is 47.6 Å². The highest BCUT2D eigenvalue weighted by Crippen LogP contribution is 2.28. The first kappa shape index (κ1) is 20.6. The fourth-order valence-electron chi connectivity index (χ4n) is 3.07. The van der Waals surface area contributed by atoms with Gasteiger partial charge in [-0.15, -0.1) is 0 Å². The Kier molecular flexibility index (Phi) is 7.04. The minimum Gasteiger partial charge on any atom is -0.504 e. The molecule has 2 aromatic rings.